The molecule has 2 unspecified atom stereocenters. The second kappa shape index (κ2) is 8.53. The maximum absolute atomic E-state index is 14.8. The van der Waals surface area contributed by atoms with Gasteiger partial charge in [0.2, 0.25) is 0 Å². The Morgan fingerprint density at radius 2 is 1.97 bits per heavy atom. The molecule has 2 saturated heterocycles. The molecule has 2 atom stereocenters. The Hall–Kier alpha value is -3.36. The molecule has 0 N–H and O–H groups in total. The van der Waals surface area contributed by atoms with Crippen LogP contribution in [0.2, 0.25) is 0 Å². The van der Waals surface area contributed by atoms with Crippen LogP contribution in [-0.2, 0) is 4.74 Å². The number of rotatable bonds is 5. The number of hydrogen-bond donors (Lipinski definition) is 0. The number of carbonyl (C=O) groups is 1. The summed E-state index contributed by atoms with van der Waals surface area (Å²) in [7, 11) is 1.40. The Balaban J connectivity index is 1.42. The van der Waals surface area contributed by atoms with E-state index in [2.05, 4.69) is 15.0 Å². The molecule has 3 aromatic rings. The van der Waals surface area contributed by atoms with Gasteiger partial charge in [0.1, 0.15) is 0 Å². The number of hydrogen-bond acceptors (Lipinski definition) is 6. The molecule has 1 amide bonds. The Morgan fingerprint density at radius 1 is 1.21 bits per heavy atom. The topological polar surface area (TPSA) is 72.2 Å². The Labute approximate surface area is 191 Å². The van der Waals surface area contributed by atoms with Crippen molar-refractivity contribution in [2.75, 3.05) is 31.7 Å². The van der Waals surface area contributed by atoms with E-state index in [9.17, 15) is 9.18 Å². The van der Waals surface area contributed by atoms with Crippen molar-refractivity contribution in [1.82, 2.24) is 19.5 Å². The standard InChI is InChI=1S/C24H28FN5O3/c1-15(2)14-33-24(31)30-17-4-5-18(30)13-28(12-17)20-7-9-27-29-11-16(10-21(20)29)19-6-8-26-23(32-3)22(19)25/h6-11,15,17-18H,4-5,12-14H2,1-3H3. The molecule has 0 aliphatic carbocycles. The van der Waals surface area contributed by atoms with Crippen molar-refractivity contribution in [1.29, 1.82) is 0 Å². The maximum atomic E-state index is 14.8. The second-order valence-corrected chi connectivity index (χ2v) is 9.12. The van der Waals surface area contributed by atoms with E-state index >= 15 is 0 Å². The summed E-state index contributed by atoms with van der Waals surface area (Å²) in [5, 5.41) is 4.43. The lowest BCUT2D eigenvalue weighted by atomic mass is 10.1. The van der Waals surface area contributed by atoms with E-state index in [-0.39, 0.29) is 24.1 Å². The summed E-state index contributed by atoms with van der Waals surface area (Å²) in [5.74, 6) is -0.219. The monoisotopic (exact) mass is 453 g/mol. The fourth-order valence-electron chi connectivity index (χ4n) is 4.91. The van der Waals surface area contributed by atoms with Crippen LogP contribution in [0.25, 0.3) is 16.6 Å². The number of piperazine rings is 1. The van der Waals surface area contributed by atoms with Gasteiger partial charge >= 0.3 is 6.09 Å². The molecule has 5 heterocycles. The van der Waals surface area contributed by atoms with Crippen molar-refractivity contribution in [2.45, 2.75) is 38.8 Å². The largest absolute Gasteiger partial charge is 0.479 e. The third-order valence-corrected chi connectivity index (χ3v) is 6.42. The van der Waals surface area contributed by atoms with Crippen LogP contribution in [0.1, 0.15) is 26.7 Å². The summed E-state index contributed by atoms with van der Waals surface area (Å²) in [6.07, 6.45) is 6.82. The van der Waals surface area contributed by atoms with E-state index in [1.807, 2.05) is 37.1 Å². The molecule has 2 fully saturated rings. The molecule has 8 nitrogen and oxygen atoms in total. The van der Waals surface area contributed by atoms with E-state index in [1.54, 1.807) is 16.8 Å². The summed E-state index contributed by atoms with van der Waals surface area (Å²) in [5.41, 5.74) is 3.02. The van der Waals surface area contributed by atoms with E-state index in [4.69, 9.17) is 9.47 Å². The molecule has 2 bridgehead atoms. The highest BCUT2D eigenvalue weighted by Gasteiger charge is 2.43. The summed E-state index contributed by atoms with van der Waals surface area (Å²) < 4.78 is 27.1. The first-order chi connectivity index (χ1) is 16.0. The van der Waals surface area contributed by atoms with Crippen molar-refractivity contribution in [3.63, 3.8) is 0 Å². The highest BCUT2D eigenvalue weighted by Crippen LogP contribution is 2.36. The van der Waals surface area contributed by atoms with E-state index in [0.717, 1.165) is 37.1 Å². The van der Waals surface area contributed by atoms with Gasteiger partial charge in [-0.15, -0.1) is 0 Å². The maximum Gasteiger partial charge on any atom is 0.410 e. The third-order valence-electron chi connectivity index (χ3n) is 6.42. The number of aromatic nitrogens is 3. The fraction of sp³-hybridized carbons (Fsp3) is 0.458. The van der Waals surface area contributed by atoms with Gasteiger partial charge in [0.25, 0.3) is 5.88 Å². The Morgan fingerprint density at radius 3 is 2.67 bits per heavy atom. The molecule has 174 valence electrons. The van der Waals surface area contributed by atoms with Crippen LogP contribution in [0.15, 0.2) is 36.8 Å². The normalized spacial score (nSPS) is 20.0. The zero-order chi connectivity index (χ0) is 23.1. The van der Waals surface area contributed by atoms with Gasteiger partial charge < -0.3 is 14.4 Å². The highest BCUT2D eigenvalue weighted by molar-refractivity contribution is 5.80. The summed E-state index contributed by atoms with van der Waals surface area (Å²) >= 11 is 0. The van der Waals surface area contributed by atoms with Crippen LogP contribution in [0.4, 0.5) is 14.9 Å². The molecule has 0 spiro atoms. The van der Waals surface area contributed by atoms with Crippen LogP contribution in [0.3, 0.4) is 0 Å². The lowest BCUT2D eigenvalue weighted by molar-refractivity contribution is 0.0704. The molecule has 33 heavy (non-hydrogen) atoms. The lowest BCUT2D eigenvalue weighted by Gasteiger charge is -2.41. The van der Waals surface area contributed by atoms with Crippen molar-refractivity contribution in [3.05, 3.63) is 42.6 Å². The van der Waals surface area contributed by atoms with Gasteiger partial charge in [0.15, 0.2) is 5.82 Å². The molecule has 3 aromatic heterocycles. The first-order valence-electron chi connectivity index (χ1n) is 11.3. The summed E-state index contributed by atoms with van der Waals surface area (Å²) in [4.78, 5) is 20.8. The fourth-order valence-corrected chi connectivity index (χ4v) is 4.91. The molecule has 9 heteroatoms. The predicted octanol–water partition coefficient (Wildman–Crippen LogP) is 3.99. The second-order valence-electron chi connectivity index (χ2n) is 9.12. The minimum atomic E-state index is -0.496. The molecule has 2 aliphatic rings. The first kappa shape index (κ1) is 21.5. The number of anilines is 1. The smallest absolute Gasteiger partial charge is 0.410 e. The van der Waals surface area contributed by atoms with Gasteiger partial charge in [0.05, 0.1) is 37.0 Å². The van der Waals surface area contributed by atoms with Gasteiger partial charge in [0, 0.05) is 42.8 Å². The number of ether oxygens (including phenoxy) is 2. The highest BCUT2D eigenvalue weighted by atomic mass is 19.1. The SMILES string of the molecule is COc1nccc(-c2cc3c(N4CC5CCC(C4)N5C(=O)OCC(C)C)ccnn3c2)c1F. The third kappa shape index (κ3) is 3.85. The molecule has 2 aliphatic heterocycles. The average Bonchev–Trinajstić information content (AvgIpc) is 3.35. The van der Waals surface area contributed by atoms with Gasteiger partial charge in [-0.3, -0.25) is 4.90 Å². The minimum absolute atomic E-state index is 0.0343. The number of methoxy groups -OCH3 is 1. The molecule has 0 saturated carbocycles. The number of pyridine rings is 1. The van der Waals surface area contributed by atoms with Crippen molar-refractivity contribution in [3.8, 4) is 17.0 Å². The van der Waals surface area contributed by atoms with Crippen molar-refractivity contribution in [2.24, 2.45) is 5.92 Å². The average molecular weight is 454 g/mol. The van der Waals surface area contributed by atoms with Crippen LogP contribution < -0.4 is 9.64 Å². The van der Waals surface area contributed by atoms with E-state index in [1.165, 1.54) is 13.3 Å². The first-order valence-corrected chi connectivity index (χ1v) is 11.3. The zero-order valence-electron chi connectivity index (χ0n) is 19.1. The summed E-state index contributed by atoms with van der Waals surface area (Å²) in [6.45, 7) is 5.96. The number of halogens is 1. The predicted molar refractivity (Wildman–Crippen MR) is 122 cm³/mol. The van der Waals surface area contributed by atoms with Crippen LogP contribution in [0, 0.1) is 11.7 Å². The van der Waals surface area contributed by atoms with Gasteiger partial charge in [-0.1, -0.05) is 13.8 Å². The van der Waals surface area contributed by atoms with Crippen molar-refractivity contribution < 1.29 is 18.7 Å². The van der Waals surface area contributed by atoms with Gasteiger partial charge in [-0.2, -0.15) is 5.10 Å². The number of nitrogens with zero attached hydrogens (tertiary/aromatic N) is 5. The minimum Gasteiger partial charge on any atom is -0.479 e. The molecule has 0 radical (unpaired) electrons. The van der Waals surface area contributed by atoms with Crippen molar-refractivity contribution >= 4 is 17.3 Å². The Kier molecular flexibility index (Phi) is 5.55. The quantitative estimate of drug-likeness (QED) is 0.582. The van der Waals surface area contributed by atoms with E-state index < -0.39 is 5.82 Å². The van der Waals surface area contributed by atoms with E-state index in [0.29, 0.717) is 23.7 Å². The van der Waals surface area contributed by atoms with Crippen LogP contribution >= 0.6 is 0 Å². The number of carbonyl (C=O) groups excluding carboxylic acids is 1. The number of fused-ring (bicyclic) bond motifs is 3. The van der Waals surface area contributed by atoms with Gasteiger partial charge in [-0.05, 0) is 37.0 Å². The zero-order valence-corrected chi connectivity index (χ0v) is 19.1. The Bertz CT molecular complexity index is 1170. The summed E-state index contributed by atoms with van der Waals surface area (Å²) in [6, 6.07) is 5.79. The van der Waals surface area contributed by atoms with Crippen LogP contribution in [0.5, 0.6) is 5.88 Å². The molecule has 0 aromatic carbocycles. The molecule has 5 rings (SSSR count). The van der Waals surface area contributed by atoms with Crippen LogP contribution in [-0.4, -0.2) is 64.5 Å². The number of amides is 1. The van der Waals surface area contributed by atoms with Gasteiger partial charge in [-0.25, -0.2) is 18.7 Å². The molecular weight excluding hydrogens is 425 g/mol. The molecular formula is C24H28FN5O3. The lowest BCUT2D eigenvalue weighted by Crippen LogP contribution is -2.56.